The lowest BCUT2D eigenvalue weighted by Crippen LogP contribution is -2.40. The van der Waals surface area contributed by atoms with Crippen molar-refractivity contribution in [1.29, 1.82) is 0 Å². The maximum absolute atomic E-state index is 12.9. The van der Waals surface area contributed by atoms with Crippen molar-refractivity contribution in [3.05, 3.63) is 35.6 Å². The van der Waals surface area contributed by atoms with Gasteiger partial charge in [0.25, 0.3) is 0 Å². The molecule has 2 heterocycles. The van der Waals surface area contributed by atoms with Gasteiger partial charge in [-0.15, -0.1) is 0 Å². The van der Waals surface area contributed by atoms with Gasteiger partial charge in [-0.05, 0) is 108 Å². The molecule has 9 nitrogen and oxygen atoms in total. The van der Waals surface area contributed by atoms with E-state index >= 15 is 0 Å². The summed E-state index contributed by atoms with van der Waals surface area (Å²) in [6.07, 6.45) is 6.68. The number of rotatable bonds is 17. The molecule has 4 rings (SSSR count). The van der Waals surface area contributed by atoms with E-state index in [1.807, 2.05) is 6.07 Å². The average Bonchev–Trinajstić information content (AvgIpc) is 3.51. The van der Waals surface area contributed by atoms with Crippen LogP contribution in [0.4, 0.5) is 0 Å². The molecule has 0 aromatic heterocycles. The largest absolute Gasteiger partial charge is 0.498 e. The number of fused-ring (bicyclic) bond motifs is 3. The van der Waals surface area contributed by atoms with Crippen molar-refractivity contribution in [3.63, 3.8) is 0 Å². The number of benzene rings is 1. The second-order valence-electron chi connectivity index (χ2n) is 10.3. The molecule has 0 spiro atoms. The second kappa shape index (κ2) is 14.6. The zero-order valence-corrected chi connectivity index (χ0v) is 22.1. The fraction of sp³-hybridized carbons (Fsp3) is 0.679. The first-order valence-corrected chi connectivity index (χ1v) is 14.0. The van der Waals surface area contributed by atoms with Gasteiger partial charge in [0.2, 0.25) is 12.7 Å². The van der Waals surface area contributed by atoms with Crippen LogP contribution in [0.1, 0.15) is 55.7 Å². The summed E-state index contributed by atoms with van der Waals surface area (Å²) in [5.41, 5.74) is 7.78. The van der Waals surface area contributed by atoms with Gasteiger partial charge in [0.15, 0.2) is 11.5 Å². The van der Waals surface area contributed by atoms with Gasteiger partial charge in [-0.2, -0.15) is 0 Å². The SMILES string of the molecule is C=C1OC[C@@H]2[C@H](NC(=O)CCCNCCCNCCCCNCCCN)c3cc4c(cc3C[C@@H]12)OCO4. The molecule has 0 saturated carbocycles. The molecule has 1 aromatic rings. The van der Waals surface area contributed by atoms with Crippen molar-refractivity contribution in [3.8, 4) is 11.5 Å². The highest BCUT2D eigenvalue weighted by molar-refractivity contribution is 5.76. The highest BCUT2D eigenvalue weighted by atomic mass is 16.7. The molecule has 206 valence electrons. The Morgan fingerprint density at radius 3 is 2.27 bits per heavy atom. The number of hydrogen-bond acceptors (Lipinski definition) is 8. The van der Waals surface area contributed by atoms with E-state index in [0.29, 0.717) is 13.0 Å². The molecule has 3 atom stereocenters. The monoisotopic (exact) mass is 515 g/mol. The lowest BCUT2D eigenvalue weighted by Gasteiger charge is -2.34. The number of nitrogens with one attached hydrogen (secondary N) is 4. The molecule has 9 heteroatoms. The summed E-state index contributed by atoms with van der Waals surface area (Å²) in [6.45, 7) is 11.7. The molecule has 1 fully saturated rings. The first-order valence-electron chi connectivity index (χ1n) is 14.0. The van der Waals surface area contributed by atoms with Crippen LogP contribution >= 0.6 is 0 Å². The third-order valence-corrected chi connectivity index (χ3v) is 7.52. The third kappa shape index (κ3) is 7.83. The Labute approximate surface area is 221 Å². The topological polar surface area (TPSA) is 119 Å². The van der Waals surface area contributed by atoms with E-state index in [2.05, 4.69) is 33.9 Å². The van der Waals surface area contributed by atoms with Gasteiger partial charge in [-0.3, -0.25) is 4.79 Å². The van der Waals surface area contributed by atoms with E-state index in [1.165, 1.54) is 18.4 Å². The maximum atomic E-state index is 12.9. The van der Waals surface area contributed by atoms with Gasteiger partial charge in [-0.25, -0.2) is 0 Å². The standard InChI is InChI=1S/C28H45N5O4/c1-20-22-15-21-16-25-26(37-19-36-25)17-23(21)28(24(22)18-35-20)33-27(34)7-4-11-32-14-6-13-31-10-3-2-9-30-12-5-8-29/h16-17,22,24,28,30-32H,1-15,18-19,29H2,(H,33,34)/t22-,24-,28+/m0/s1. The maximum Gasteiger partial charge on any atom is 0.231 e. The number of allylic oxidation sites excluding steroid dienone is 1. The van der Waals surface area contributed by atoms with E-state index in [-0.39, 0.29) is 30.6 Å². The number of nitrogens with two attached hydrogens (primary N) is 1. The van der Waals surface area contributed by atoms with E-state index in [1.54, 1.807) is 0 Å². The molecule has 0 radical (unpaired) electrons. The highest BCUT2D eigenvalue weighted by Crippen LogP contribution is 2.48. The number of unbranched alkanes of at least 4 members (excludes halogenated alkanes) is 1. The zero-order chi connectivity index (χ0) is 25.9. The van der Waals surface area contributed by atoms with Gasteiger partial charge in [0.05, 0.1) is 18.4 Å². The van der Waals surface area contributed by atoms with E-state index in [9.17, 15) is 4.79 Å². The Balaban J connectivity index is 1.10. The second-order valence-corrected chi connectivity index (χ2v) is 10.3. The molecule has 0 bridgehead atoms. The Kier molecular flexibility index (Phi) is 10.9. The number of carbonyl (C=O) groups excluding carboxylic acids is 1. The minimum atomic E-state index is -0.101. The van der Waals surface area contributed by atoms with Gasteiger partial charge in [0.1, 0.15) is 0 Å². The summed E-state index contributed by atoms with van der Waals surface area (Å²) in [5, 5.41) is 13.7. The minimum absolute atomic E-state index is 0.0766. The predicted octanol–water partition coefficient (Wildman–Crippen LogP) is 1.97. The molecule has 1 saturated heterocycles. The summed E-state index contributed by atoms with van der Waals surface area (Å²) < 4.78 is 17.0. The smallest absolute Gasteiger partial charge is 0.231 e. The van der Waals surface area contributed by atoms with E-state index in [4.69, 9.17) is 19.9 Å². The number of hydrogen-bond donors (Lipinski definition) is 5. The van der Waals surface area contributed by atoms with Gasteiger partial charge in [0, 0.05) is 18.3 Å². The van der Waals surface area contributed by atoms with Crippen LogP contribution < -0.4 is 36.5 Å². The molecule has 1 aromatic carbocycles. The predicted molar refractivity (Wildman–Crippen MR) is 145 cm³/mol. The van der Waals surface area contributed by atoms with Crippen molar-refractivity contribution in [2.45, 2.75) is 51.0 Å². The van der Waals surface area contributed by atoms with Crippen molar-refractivity contribution in [2.75, 3.05) is 59.2 Å². The quantitative estimate of drug-likeness (QED) is 0.200. The molecule has 0 unspecified atom stereocenters. The van der Waals surface area contributed by atoms with Crippen LogP contribution in [0.2, 0.25) is 0 Å². The fourth-order valence-corrected chi connectivity index (χ4v) is 5.44. The minimum Gasteiger partial charge on any atom is -0.498 e. The van der Waals surface area contributed by atoms with Gasteiger partial charge < -0.3 is 41.2 Å². The molecule has 6 N–H and O–H groups in total. The van der Waals surface area contributed by atoms with Crippen LogP contribution in [-0.4, -0.2) is 65.1 Å². The number of ether oxygens (including phenoxy) is 3. The third-order valence-electron chi connectivity index (χ3n) is 7.52. The lowest BCUT2D eigenvalue weighted by molar-refractivity contribution is -0.122. The molecular formula is C28H45N5O4. The highest BCUT2D eigenvalue weighted by Gasteiger charge is 2.44. The summed E-state index contributed by atoms with van der Waals surface area (Å²) >= 11 is 0. The zero-order valence-electron chi connectivity index (χ0n) is 22.1. The molecule has 1 aliphatic carbocycles. The van der Waals surface area contributed by atoms with Crippen molar-refractivity contribution in [1.82, 2.24) is 21.3 Å². The van der Waals surface area contributed by atoms with Crippen LogP contribution in [0.5, 0.6) is 11.5 Å². The molecular weight excluding hydrogens is 470 g/mol. The summed E-state index contributed by atoms with van der Waals surface area (Å²) in [4.78, 5) is 12.9. The molecule has 1 amide bonds. The molecule has 2 aliphatic heterocycles. The lowest BCUT2D eigenvalue weighted by atomic mass is 9.73. The molecule has 37 heavy (non-hydrogen) atoms. The first-order chi connectivity index (χ1) is 18.2. The van der Waals surface area contributed by atoms with Crippen LogP contribution in [0.25, 0.3) is 0 Å². The summed E-state index contributed by atoms with van der Waals surface area (Å²) in [7, 11) is 0. The van der Waals surface area contributed by atoms with Crippen molar-refractivity contribution in [2.24, 2.45) is 17.6 Å². The number of carbonyl (C=O) groups is 1. The van der Waals surface area contributed by atoms with Crippen LogP contribution in [0.15, 0.2) is 24.5 Å². The van der Waals surface area contributed by atoms with Crippen LogP contribution in [0.3, 0.4) is 0 Å². The Morgan fingerprint density at radius 2 is 1.54 bits per heavy atom. The van der Waals surface area contributed by atoms with Gasteiger partial charge >= 0.3 is 0 Å². The Morgan fingerprint density at radius 1 is 0.892 bits per heavy atom. The van der Waals surface area contributed by atoms with Crippen LogP contribution in [-0.2, 0) is 16.0 Å². The van der Waals surface area contributed by atoms with E-state index in [0.717, 1.165) is 94.3 Å². The van der Waals surface area contributed by atoms with Crippen molar-refractivity contribution >= 4 is 5.91 Å². The number of amides is 1. The molecule has 3 aliphatic rings. The average molecular weight is 516 g/mol. The summed E-state index contributed by atoms with van der Waals surface area (Å²) in [6, 6.07) is 3.99. The van der Waals surface area contributed by atoms with Crippen molar-refractivity contribution < 1.29 is 19.0 Å². The van der Waals surface area contributed by atoms with Crippen LogP contribution in [0, 0.1) is 11.8 Å². The summed E-state index contributed by atoms with van der Waals surface area (Å²) in [5.74, 6) is 2.84. The normalized spacial score (nSPS) is 21.4. The van der Waals surface area contributed by atoms with E-state index < -0.39 is 0 Å². The Hall–Kier alpha value is -2.33. The fourth-order valence-electron chi connectivity index (χ4n) is 5.44. The first kappa shape index (κ1) is 27.7. The van der Waals surface area contributed by atoms with Gasteiger partial charge in [-0.1, -0.05) is 6.58 Å². The Bertz CT molecular complexity index is 896.